The summed E-state index contributed by atoms with van der Waals surface area (Å²) in [5.74, 6) is 3.35. The van der Waals surface area contributed by atoms with Gasteiger partial charge in [-0.05, 0) is 47.7 Å². The molecular weight excluding hydrogens is 416 g/mol. The van der Waals surface area contributed by atoms with Crippen molar-refractivity contribution in [2.75, 3.05) is 55.9 Å². The van der Waals surface area contributed by atoms with Crippen LogP contribution in [-0.4, -0.2) is 61.0 Å². The van der Waals surface area contributed by atoms with Gasteiger partial charge in [0.25, 0.3) is 0 Å². The third-order valence-electron chi connectivity index (χ3n) is 5.93. The zero-order valence-electron chi connectivity index (χ0n) is 19.5. The van der Waals surface area contributed by atoms with E-state index in [0.29, 0.717) is 47.5 Å². The van der Waals surface area contributed by atoms with Crippen LogP contribution < -0.4 is 28.4 Å². The monoisotopic (exact) mass is 448 g/mol. The van der Waals surface area contributed by atoms with Gasteiger partial charge in [-0.3, -0.25) is 0 Å². The molecule has 2 aromatic carbocycles. The maximum atomic E-state index is 10.2. The van der Waals surface area contributed by atoms with Gasteiger partial charge >= 0.3 is 0 Å². The van der Waals surface area contributed by atoms with Crippen molar-refractivity contribution in [1.29, 1.82) is 0 Å². The molecule has 32 heavy (non-hydrogen) atoms. The van der Waals surface area contributed by atoms with E-state index in [1.165, 1.54) is 0 Å². The third kappa shape index (κ3) is 4.52. The standard InChI is InChI=1S/C24H32O8/c1-26-18-8-14(9-19(27-2)23(18)30-5)7-16-13-32-22(17(16)12-25)15-10-20(28-3)24(31-6)21(11-15)29-4/h8-11,16-17,22,25H,7,12-13H2,1-6H3/t16-,17+,22-/m1/s1. The first-order valence-electron chi connectivity index (χ1n) is 10.4. The van der Waals surface area contributed by atoms with Crippen LogP contribution in [0.2, 0.25) is 0 Å². The minimum atomic E-state index is -0.305. The lowest BCUT2D eigenvalue weighted by Crippen LogP contribution is -2.21. The van der Waals surface area contributed by atoms with Gasteiger partial charge in [0.05, 0.1) is 55.4 Å². The molecule has 0 unspecified atom stereocenters. The molecule has 0 aliphatic carbocycles. The molecule has 3 rings (SSSR count). The van der Waals surface area contributed by atoms with Gasteiger partial charge in [0.15, 0.2) is 23.0 Å². The minimum Gasteiger partial charge on any atom is -0.493 e. The van der Waals surface area contributed by atoms with E-state index in [2.05, 4.69) is 0 Å². The summed E-state index contributed by atoms with van der Waals surface area (Å²) in [6.07, 6.45) is 0.379. The van der Waals surface area contributed by atoms with Crippen molar-refractivity contribution in [3.05, 3.63) is 35.4 Å². The molecule has 1 aliphatic heterocycles. The van der Waals surface area contributed by atoms with Gasteiger partial charge in [-0.2, -0.15) is 0 Å². The summed E-state index contributed by atoms with van der Waals surface area (Å²) in [4.78, 5) is 0. The first-order valence-corrected chi connectivity index (χ1v) is 10.4. The highest BCUT2D eigenvalue weighted by Gasteiger charge is 2.38. The topological polar surface area (TPSA) is 84.8 Å². The van der Waals surface area contributed by atoms with Gasteiger partial charge in [-0.15, -0.1) is 0 Å². The Bertz CT molecular complexity index is 863. The second-order valence-electron chi connectivity index (χ2n) is 7.56. The van der Waals surface area contributed by atoms with Gasteiger partial charge in [0.1, 0.15) is 0 Å². The highest BCUT2D eigenvalue weighted by atomic mass is 16.5. The number of rotatable bonds is 10. The number of aliphatic hydroxyl groups is 1. The second kappa shape index (κ2) is 10.7. The minimum absolute atomic E-state index is 0.0174. The van der Waals surface area contributed by atoms with Gasteiger partial charge in [0, 0.05) is 12.5 Å². The molecule has 0 amide bonds. The fourth-order valence-electron chi connectivity index (χ4n) is 4.34. The number of benzene rings is 2. The van der Waals surface area contributed by atoms with Crippen molar-refractivity contribution >= 4 is 0 Å². The Labute approximate surface area is 188 Å². The Hall–Kier alpha value is -2.84. The fourth-order valence-corrected chi connectivity index (χ4v) is 4.34. The van der Waals surface area contributed by atoms with Crippen LogP contribution in [-0.2, 0) is 11.2 Å². The molecule has 0 spiro atoms. The van der Waals surface area contributed by atoms with Crippen LogP contribution in [0.15, 0.2) is 24.3 Å². The predicted octanol–water partition coefficient (Wildman–Crippen LogP) is 3.28. The largest absolute Gasteiger partial charge is 0.493 e. The molecule has 176 valence electrons. The van der Waals surface area contributed by atoms with E-state index < -0.39 is 0 Å². The molecular formula is C24H32O8. The molecule has 0 aromatic heterocycles. The first kappa shape index (κ1) is 23.8. The van der Waals surface area contributed by atoms with Crippen LogP contribution in [0.4, 0.5) is 0 Å². The maximum Gasteiger partial charge on any atom is 0.203 e. The maximum absolute atomic E-state index is 10.2. The zero-order chi connectivity index (χ0) is 23.3. The molecule has 0 bridgehead atoms. The number of methoxy groups -OCH3 is 6. The van der Waals surface area contributed by atoms with Crippen molar-refractivity contribution < 1.29 is 38.3 Å². The molecule has 3 atom stereocenters. The second-order valence-corrected chi connectivity index (χ2v) is 7.56. The number of hydrogen-bond acceptors (Lipinski definition) is 8. The Morgan fingerprint density at radius 2 is 1.22 bits per heavy atom. The smallest absolute Gasteiger partial charge is 0.203 e. The van der Waals surface area contributed by atoms with E-state index in [1.807, 2.05) is 24.3 Å². The van der Waals surface area contributed by atoms with Crippen LogP contribution in [0.1, 0.15) is 17.2 Å². The van der Waals surface area contributed by atoms with Crippen LogP contribution in [0.5, 0.6) is 34.5 Å². The Morgan fingerprint density at radius 1 is 0.750 bits per heavy atom. The molecule has 1 saturated heterocycles. The Kier molecular flexibility index (Phi) is 7.93. The van der Waals surface area contributed by atoms with Crippen LogP contribution in [0.3, 0.4) is 0 Å². The van der Waals surface area contributed by atoms with Gasteiger partial charge in [-0.1, -0.05) is 0 Å². The van der Waals surface area contributed by atoms with E-state index in [1.54, 1.807) is 42.7 Å². The molecule has 1 heterocycles. The van der Waals surface area contributed by atoms with Crippen molar-refractivity contribution in [2.45, 2.75) is 12.5 Å². The lowest BCUT2D eigenvalue weighted by Gasteiger charge is -2.23. The molecule has 8 heteroatoms. The molecule has 8 nitrogen and oxygen atoms in total. The van der Waals surface area contributed by atoms with Crippen molar-refractivity contribution in [2.24, 2.45) is 11.8 Å². The van der Waals surface area contributed by atoms with Gasteiger partial charge < -0.3 is 38.3 Å². The van der Waals surface area contributed by atoms with Crippen molar-refractivity contribution in [3.63, 3.8) is 0 Å². The zero-order valence-corrected chi connectivity index (χ0v) is 19.5. The van der Waals surface area contributed by atoms with Crippen molar-refractivity contribution in [3.8, 4) is 34.5 Å². The van der Waals surface area contributed by atoms with Crippen molar-refractivity contribution in [1.82, 2.24) is 0 Å². The fraction of sp³-hybridized carbons (Fsp3) is 0.500. The average Bonchev–Trinajstić information content (AvgIpc) is 3.24. The van der Waals surface area contributed by atoms with E-state index in [9.17, 15) is 5.11 Å². The Morgan fingerprint density at radius 3 is 1.62 bits per heavy atom. The average molecular weight is 449 g/mol. The number of hydrogen-bond donors (Lipinski definition) is 1. The van der Waals surface area contributed by atoms with E-state index >= 15 is 0 Å². The summed E-state index contributed by atoms with van der Waals surface area (Å²) < 4.78 is 38.9. The molecule has 0 radical (unpaired) electrons. The lowest BCUT2D eigenvalue weighted by molar-refractivity contribution is 0.0715. The normalized spacial score (nSPS) is 20.0. The van der Waals surface area contributed by atoms with E-state index in [4.69, 9.17) is 33.2 Å². The number of aliphatic hydroxyl groups excluding tert-OH is 1. The molecule has 1 aliphatic rings. The number of ether oxygens (including phenoxy) is 7. The predicted molar refractivity (Wildman–Crippen MR) is 119 cm³/mol. The van der Waals surface area contributed by atoms with Gasteiger partial charge in [0.2, 0.25) is 11.5 Å². The third-order valence-corrected chi connectivity index (χ3v) is 5.93. The van der Waals surface area contributed by atoms with Crippen LogP contribution in [0, 0.1) is 11.8 Å². The quantitative estimate of drug-likeness (QED) is 0.593. The van der Waals surface area contributed by atoms with Crippen LogP contribution in [0.25, 0.3) is 0 Å². The summed E-state index contributed by atoms with van der Waals surface area (Å²) in [6, 6.07) is 7.61. The Balaban J connectivity index is 1.89. The van der Waals surface area contributed by atoms with Crippen LogP contribution >= 0.6 is 0 Å². The SMILES string of the molecule is COc1cc(C[C@@H]2CO[C@H](c3cc(OC)c(OC)c(OC)c3)[C@H]2CO)cc(OC)c1OC. The molecule has 0 saturated carbocycles. The summed E-state index contributed by atoms with van der Waals surface area (Å²) in [5, 5.41) is 10.2. The summed E-state index contributed by atoms with van der Waals surface area (Å²) in [7, 11) is 9.49. The van der Waals surface area contributed by atoms with E-state index in [0.717, 1.165) is 11.1 Å². The molecule has 1 N–H and O–H groups in total. The first-order chi connectivity index (χ1) is 15.5. The summed E-state index contributed by atoms with van der Waals surface area (Å²) in [6.45, 7) is 0.486. The molecule has 1 fully saturated rings. The highest BCUT2D eigenvalue weighted by Crippen LogP contribution is 2.46. The lowest BCUT2D eigenvalue weighted by atomic mass is 9.84. The highest BCUT2D eigenvalue weighted by molar-refractivity contribution is 5.55. The summed E-state index contributed by atoms with van der Waals surface area (Å²) >= 11 is 0. The van der Waals surface area contributed by atoms with Gasteiger partial charge in [-0.25, -0.2) is 0 Å². The molecule has 2 aromatic rings. The van der Waals surface area contributed by atoms with E-state index in [-0.39, 0.29) is 24.5 Å². The summed E-state index contributed by atoms with van der Waals surface area (Å²) in [5.41, 5.74) is 1.88.